The summed E-state index contributed by atoms with van der Waals surface area (Å²) in [5, 5.41) is 3.62. The van der Waals surface area contributed by atoms with E-state index < -0.39 is 0 Å². The summed E-state index contributed by atoms with van der Waals surface area (Å²) in [4.78, 5) is 15.6. The zero-order valence-electron chi connectivity index (χ0n) is 13.4. The summed E-state index contributed by atoms with van der Waals surface area (Å²) in [5.74, 6) is 3.94. The number of nitrogens with zero attached hydrogens (tertiary/aromatic N) is 1. The summed E-state index contributed by atoms with van der Waals surface area (Å²) in [7, 11) is 0. The minimum atomic E-state index is 0. The van der Waals surface area contributed by atoms with Gasteiger partial charge in [0.15, 0.2) is 0 Å². The van der Waals surface area contributed by atoms with Crippen molar-refractivity contribution in [2.45, 2.75) is 57.4 Å². The fourth-order valence-electron chi connectivity index (χ4n) is 6.94. The van der Waals surface area contributed by atoms with Crippen LogP contribution in [-0.2, 0) is 4.79 Å². The van der Waals surface area contributed by atoms with Crippen molar-refractivity contribution < 1.29 is 4.79 Å². The fraction of sp³-hybridized carbons (Fsp3) is 0.944. The van der Waals surface area contributed by atoms with Gasteiger partial charge in [0.25, 0.3) is 0 Å². The first-order chi connectivity index (χ1) is 10.2. The Balaban J connectivity index is 0.00000125. The Hall–Kier alpha value is -0.280. The fourth-order valence-corrected chi connectivity index (χ4v) is 6.94. The second-order valence-corrected chi connectivity index (χ2v) is 8.85. The van der Waals surface area contributed by atoms with Gasteiger partial charge in [0.1, 0.15) is 0 Å². The Morgan fingerprint density at radius 1 is 1.00 bits per heavy atom. The predicted molar refractivity (Wildman–Crippen MR) is 88.9 cm³/mol. The Labute approximate surface area is 140 Å². The molecule has 4 saturated carbocycles. The standard InChI is InChI=1S/C18H28N2O.ClH/c21-17(20-4-2-16-15(11-20)1-3-19-16)18-8-12-5-13(9-18)7-14(6-12)10-18;/h12-16,19H,1-11H2;1H. The first-order valence-corrected chi connectivity index (χ1v) is 9.25. The van der Waals surface area contributed by atoms with Crippen molar-refractivity contribution in [1.82, 2.24) is 10.2 Å². The molecule has 4 heteroatoms. The van der Waals surface area contributed by atoms with E-state index >= 15 is 0 Å². The number of fused-ring (bicyclic) bond motifs is 1. The Morgan fingerprint density at radius 3 is 2.27 bits per heavy atom. The number of carbonyl (C=O) groups excluding carboxylic acids is 1. The van der Waals surface area contributed by atoms with Crippen LogP contribution in [-0.4, -0.2) is 36.5 Å². The molecule has 2 atom stereocenters. The van der Waals surface area contributed by atoms with Crippen LogP contribution in [0.2, 0.25) is 0 Å². The van der Waals surface area contributed by atoms with E-state index in [0.717, 1.165) is 43.3 Å². The third-order valence-corrected chi connectivity index (χ3v) is 7.43. The van der Waals surface area contributed by atoms with Gasteiger partial charge in [-0.05, 0) is 81.6 Å². The van der Waals surface area contributed by atoms with Crippen LogP contribution < -0.4 is 5.32 Å². The minimum Gasteiger partial charge on any atom is -0.342 e. The number of hydrogen-bond donors (Lipinski definition) is 1. The van der Waals surface area contributed by atoms with E-state index in [2.05, 4.69) is 10.2 Å². The normalized spacial score (nSPS) is 48.9. The van der Waals surface area contributed by atoms with Gasteiger partial charge in [-0.15, -0.1) is 12.4 Å². The topological polar surface area (TPSA) is 32.3 Å². The lowest BCUT2D eigenvalue weighted by atomic mass is 9.49. The van der Waals surface area contributed by atoms with Gasteiger partial charge >= 0.3 is 0 Å². The van der Waals surface area contributed by atoms with Crippen molar-refractivity contribution in [2.24, 2.45) is 29.1 Å². The number of hydrogen-bond acceptors (Lipinski definition) is 2. The quantitative estimate of drug-likeness (QED) is 0.804. The van der Waals surface area contributed by atoms with Gasteiger partial charge in [-0.3, -0.25) is 4.79 Å². The van der Waals surface area contributed by atoms with Crippen LogP contribution >= 0.6 is 12.4 Å². The summed E-state index contributed by atoms with van der Waals surface area (Å²) >= 11 is 0. The molecule has 3 nitrogen and oxygen atoms in total. The van der Waals surface area contributed by atoms with Crippen LogP contribution in [0.1, 0.15) is 51.4 Å². The maximum absolute atomic E-state index is 13.3. The third kappa shape index (κ3) is 2.23. The van der Waals surface area contributed by atoms with Gasteiger partial charge in [0.2, 0.25) is 5.91 Å². The molecule has 2 saturated heterocycles. The van der Waals surface area contributed by atoms with Crippen molar-refractivity contribution in [3.8, 4) is 0 Å². The number of halogens is 1. The highest BCUT2D eigenvalue weighted by atomic mass is 35.5. The van der Waals surface area contributed by atoms with Crippen LogP contribution in [0.25, 0.3) is 0 Å². The van der Waals surface area contributed by atoms with E-state index in [1.165, 1.54) is 51.4 Å². The van der Waals surface area contributed by atoms with Crippen molar-refractivity contribution in [3.63, 3.8) is 0 Å². The van der Waals surface area contributed by atoms with Crippen LogP contribution in [0.3, 0.4) is 0 Å². The van der Waals surface area contributed by atoms with Crippen molar-refractivity contribution >= 4 is 18.3 Å². The monoisotopic (exact) mass is 324 g/mol. The lowest BCUT2D eigenvalue weighted by Gasteiger charge is -2.57. The summed E-state index contributed by atoms with van der Waals surface area (Å²) < 4.78 is 0. The maximum Gasteiger partial charge on any atom is 0.228 e. The van der Waals surface area contributed by atoms with Crippen molar-refractivity contribution in [1.29, 1.82) is 0 Å². The lowest BCUT2D eigenvalue weighted by molar-refractivity contribution is -0.159. The van der Waals surface area contributed by atoms with Crippen molar-refractivity contribution in [3.05, 3.63) is 0 Å². The summed E-state index contributed by atoms with van der Waals surface area (Å²) in [6.07, 6.45) is 10.4. The molecule has 6 aliphatic rings. The SMILES string of the molecule is Cl.O=C(N1CCC2NCCC2C1)C12CC3CC(CC(C3)C1)C2. The first kappa shape index (κ1) is 15.3. The number of carbonyl (C=O) groups is 1. The molecule has 1 amide bonds. The van der Waals surface area contributed by atoms with E-state index in [4.69, 9.17) is 0 Å². The smallest absolute Gasteiger partial charge is 0.228 e. The van der Waals surface area contributed by atoms with Crippen molar-refractivity contribution in [2.75, 3.05) is 19.6 Å². The van der Waals surface area contributed by atoms with Crippen LogP contribution in [0.4, 0.5) is 0 Å². The molecule has 2 unspecified atom stereocenters. The second kappa shape index (κ2) is 5.37. The van der Waals surface area contributed by atoms with Gasteiger partial charge in [0, 0.05) is 19.1 Å². The van der Waals surface area contributed by atoms with Crippen LogP contribution in [0.15, 0.2) is 0 Å². The van der Waals surface area contributed by atoms with Gasteiger partial charge in [-0.1, -0.05) is 0 Å². The minimum absolute atomic E-state index is 0. The number of nitrogens with one attached hydrogen (secondary N) is 1. The maximum atomic E-state index is 13.3. The third-order valence-electron chi connectivity index (χ3n) is 7.43. The molecule has 0 radical (unpaired) electrons. The lowest BCUT2D eigenvalue weighted by Crippen LogP contribution is -2.57. The average molecular weight is 325 g/mol. The molecular formula is C18H29ClN2O. The van der Waals surface area contributed by atoms with Crippen LogP contribution in [0.5, 0.6) is 0 Å². The summed E-state index contributed by atoms with van der Waals surface area (Å²) in [6, 6.07) is 0.699. The van der Waals surface area contributed by atoms with Gasteiger partial charge < -0.3 is 10.2 Å². The largest absolute Gasteiger partial charge is 0.342 e. The molecule has 4 bridgehead atoms. The molecule has 124 valence electrons. The van der Waals surface area contributed by atoms with Crippen LogP contribution in [0, 0.1) is 29.1 Å². The second-order valence-electron chi connectivity index (χ2n) is 8.85. The van der Waals surface area contributed by atoms with E-state index in [0.29, 0.717) is 11.9 Å². The molecule has 0 spiro atoms. The Kier molecular flexibility index (Phi) is 3.73. The molecule has 2 heterocycles. The number of rotatable bonds is 1. The molecule has 0 aromatic heterocycles. The molecule has 0 aromatic carbocycles. The highest BCUT2D eigenvalue weighted by Gasteiger charge is 2.56. The zero-order chi connectivity index (χ0) is 14.0. The molecule has 6 rings (SSSR count). The summed E-state index contributed by atoms with van der Waals surface area (Å²) in [6.45, 7) is 3.21. The molecule has 6 fully saturated rings. The molecule has 0 aromatic rings. The number of amides is 1. The van der Waals surface area contributed by atoms with E-state index in [9.17, 15) is 4.79 Å². The highest BCUT2D eigenvalue weighted by Crippen LogP contribution is 2.60. The molecule has 1 N–H and O–H groups in total. The Morgan fingerprint density at radius 2 is 1.64 bits per heavy atom. The zero-order valence-corrected chi connectivity index (χ0v) is 14.2. The summed E-state index contributed by atoms with van der Waals surface area (Å²) in [5.41, 5.74) is 0.0770. The van der Waals surface area contributed by atoms with E-state index in [1.54, 1.807) is 0 Å². The first-order valence-electron chi connectivity index (χ1n) is 9.25. The van der Waals surface area contributed by atoms with Gasteiger partial charge in [-0.2, -0.15) is 0 Å². The molecule has 22 heavy (non-hydrogen) atoms. The molecule has 2 aliphatic heterocycles. The number of likely N-dealkylation sites (tertiary alicyclic amines) is 1. The van der Waals surface area contributed by atoms with Gasteiger partial charge in [0.05, 0.1) is 5.41 Å². The predicted octanol–water partition coefficient (Wildman–Crippen LogP) is 2.84. The van der Waals surface area contributed by atoms with E-state index in [1.807, 2.05) is 0 Å². The van der Waals surface area contributed by atoms with E-state index in [-0.39, 0.29) is 17.8 Å². The van der Waals surface area contributed by atoms with Gasteiger partial charge in [-0.25, -0.2) is 0 Å². The Bertz CT molecular complexity index is 431. The highest BCUT2D eigenvalue weighted by molar-refractivity contribution is 5.85. The molecule has 4 aliphatic carbocycles. The average Bonchev–Trinajstić information content (AvgIpc) is 2.92. The number of piperidine rings is 1. The molecular weight excluding hydrogens is 296 g/mol.